The summed E-state index contributed by atoms with van der Waals surface area (Å²) in [5.74, 6) is 0.484. The molecule has 2 amide bonds. The molecule has 2 aromatic carbocycles. The van der Waals surface area contributed by atoms with Crippen molar-refractivity contribution in [3.63, 3.8) is 0 Å². The van der Waals surface area contributed by atoms with Gasteiger partial charge in [0.2, 0.25) is 5.95 Å². The molecule has 12 nitrogen and oxygen atoms in total. The zero-order chi connectivity index (χ0) is 32.2. The number of hydrogen-bond donors (Lipinski definition) is 4. The second kappa shape index (κ2) is 16.2. The molecule has 0 radical (unpaired) electrons. The van der Waals surface area contributed by atoms with Crippen molar-refractivity contribution in [1.82, 2.24) is 35.3 Å². The van der Waals surface area contributed by atoms with Gasteiger partial charge in [0.15, 0.2) is 5.69 Å². The Labute approximate surface area is 293 Å². The van der Waals surface area contributed by atoms with Gasteiger partial charge in [0.1, 0.15) is 5.75 Å². The molecule has 0 saturated carbocycles. The predicted molar refractivity (Wildman–Crippen MR) is 191 cm³/mol. The fraction of sp³-hybridized carbons (Fsp3) is 0.382. The van der Waals surface area contributed by atoms with Gasteiger partial charge in [-0.25, -0.2) is 9.97 Å². The van der Waals surface area contributed by atoms with Crippen molar-refractivity contribution in [1.29, 1.82) is 0 Å². The van der Waals surface area contributed by atoms with Crippen LogP contribution in [0.2, 0.25) is 0 Å². The molecular weight excluding hydrogens is 653 g/mol. The molecule has 0 unspecified atom stereocenters. The Morgan fingerprint density at radius 1 is 1.04 bits per heavy atom. The second-order valence-electron chi connectivity index (χ2n) is 12.0. The highest BCUT2D eigenvalue weighted by Crippen LogP contribution is 2.35. The summed E-state index contributed by atoms with van der Waals surface area (Å²) >= 11 is 0. The van der Waals surface area contributed by atoms with E-state index in [1.54, 1.807) is 30.0 Å². The second-order valence-corrected chi connectivity index (χ2v) is 12.0. The number of hydrogen-bond acceptors (Lipinski definition) is 9. The molecule has 5 N–H and O–H groups in total. The Morgan fingerprint density at radius 3 is 2.50 bits per heavy atom. The van der Waals surface area contributed by atoms with Crippen LogP contribution in [0.5, 0.6) is 5.75 Å². The first-order valence-electron chi connectivity index (χ1n) is 15.8. The lowest BCUT2D eigenvalue weighted by Gasteiger charge is -2.29. The number of nitrogens with one attached hydrogen (secondary N) is 3. The number of nitrogens with two attached hydrogens (primary N) is 1. The van der Waals surface area contributed by atoms with Crippen LogP contribution in [0.15, 0.2) is 54.7 Å². The van der Waals surface area contributed by atoms with E-state index >= 15 is 0 Å². The molecule has 4 aromatic rings. The monoisotopic (exact) mass is 695 g/mol. The number of rotatable bonds is 9. The van der Waals surface area contributed by atoms with Gasteiger partial charge in [0.05, 0.1) is 30.2 Å². The standard InChI is InChI=1S/C34H41N9O3.2ClH/c1-42-16-14-24(15-17-42)37-32(44)22-12-13-26(28(18-22)46-3)39-34-36-20-23-10-7-11-25-30(41-43(2)31(25)29(23)40-34)33(45)38-27(19-35)21-8-5-4-6-9-21;;/h4-6,8-9,12-13,18,20,24,27H,7,10-11,14-17,19,35H2,1-3H3,(H,37,44)(H,38,45)(H,36,39,40);2*1H/t27-;;/m1../s1. The van der Waals surface area contributed by atoms with Gasteiger partial charge in [0.25, 0.3) is 11.8 Å². The number of piperidine rings is 1. The number of aryl methyl sites for hydroxylation is 2. The van der Waals surface area contributed by atoms with Crippen molar-refractivity contribution in [3.8, 4) is 17.1 Å². The van der Waals surface area contributed by atoms with Crippen molar-refractivity contribution >= 4 is 48.3 Å². The molecule has 1 aliphatic carbocycles. The summed E-state index contributed by atoms with van der Waals surface area (Å²) in [4.78, 5) is 38.3. The predicted octanol–water partition coefficient (Wildman–Crippen LogP) is 4.22. The summed E-state index contributed by atoms with van der Waals surface area (Å²) in [5, 5.41) is 14.1. The van der Waals surface area contributed by atoms with E-state index in [0.717, 1.165) is 66.9 Å². The van der Waals surface area contributed by atoms with E-state index in [1.807, 2.05) is 43.6 Å². The van der Waals surface area contributed by atoms with Crippen molar-refractivity contribution < 1.29 is 14.3 Å². The van der Waals surface area contributed by atoms with Crippen LogP contribution in [0.25, 0.3) is 11.4 Å². The molecule has 1 aliphatic heterocycles. The SMILES string of the molecule is COc1cc(C(=O)NC2CCN(C)CC2)ccc1Nc1ncc2c(n1)-c1c(c(C(=O)N[C@H](CN)c3ccccc3)nn1C)CCC2.Cl.Cl. The Kier molecular flexibility index (Phi) is 12.4. The van der Waals surface area contributed by atoms with E-state index in [0.29, 0.717) is 35.1 Å². The maximum absolute atomic E-state index is 13.5. The number of ether oxygens (including phenoxy) is 1. The van der Waals surface area contributed by atoms with E-state index in [4.69, 9.17) is 15.5 Å². The highest BCUT2D eigenvalue weighted by atomic mass is 35.5. The summed E-state index contributed by atoms with van der Waals surface area (Å²) < 4.78 is 7.38. The molecule has 1 atom stereocenters. The number of fused-ring (bicyclic) bond motifs is 3. The number of benzene rings is 2. The minimum absolute atomic E-state index is 0. The van der Waals surface area contributed by atoms with Crippen LogP contribution in [0.1, 0.15) is 62.8 Å². The van der Waals surface area contributed by atoms with Crippen LogP contribution in [0, 0.1) is 0 Å². The molecule has 48 heavy (non-hydrogen) atoms. The Balaban J connectivity index is 0.00000260. The van der Waals surface area contributed by atoms with Gasteiger partial charge >= 0.3 is 0 Å². The van der Waals surface area contributed by atoms with Crippen LogP contribution in [0.4, 0.5) is 11.6 Å². The third-order valence-electron chi connectivity index (χ3n) is 8.83. The van der Waals surface area contributed by atoms with Crippen molar-refractivity contribution in [2.75, 3.05) is 39.1 Å². The van der Waals surface area contributed by atoms with E-state index in [2.05, 4.69) is 38.0 Å². The third-order valence-corrected chi connectivity index (χ3v) is 8.83. The molecular formula is C34H43Cl2N9O3. The van der Waals surface area contributed by atoms with Crippen LogP contribution in [0.3, 0.4) is 0 Å². The van der Waals surface area contributed by atoms with Gasteiger partial charge in [-0.3, -0.25) is 14.3 Å². The first-order valence-corrected chi connectivity index (χ1v) is 15.8. The van der Waals surface area contributed by atoms with E-state index < -0.39 is 0 Å². The van der Waals surface area contributed by atoms with Crippen molar-refractivity contribution in [2.24, 2.45) is 12.8 Å². The van der Waals surface area contributed by atoms with Gasteiger partial charge in [0, 0.05) is 37.0 Å². The normalized spacial score (nSPS) is 15.0. The number of aromatic nitrogens is 4. The molecule has 2 aromatic heterocycles. The van der Waals surface area contributed by atoms with Gasteiger partial charge in [-0.2, -0.15) is 5.10 Å². The molecule has 1 saturated heterocycles. The minimum Gasteiger partial charge on any atom is -0.495 e. The maximum atomic E-state index is 13.5. The number of carbonyl (C=O) groups is 2. The number of methoxy groups -OCH3 is 1. The van der Waals surface area contributed by atoms with E-state index in [9.17, 15) is 9.59 Å². The highest BCUT2D eigenvalue weighted by Gasteiger charge is 2.29. The molecule has 0 bridgehead atoms. The molecule has 3 heterocycles. The number of carbonyl (C=O) groups excluding carboxylic acids is 2. The molecule has 2 aliphatic rings. The Bertz CT molecular complexity index is 1730. The Hall–Kier alpha value is -4.23. The molecule has 1 fully saturated rings. The molecule has 0 spiro atoms. The fourth-order valence-corrected chi connectivity index (χ4v) is 6.26. The highest BCUT2D eigenvalue weighted by molar-refractivity contribution is 5.96. The van der Waals surface area contributed by atoms with E-state index in [-0.39, 0.29) is 55.3 Å². The van der Waals surface area contributed by atoms with Crippen LogP contribution in [-0.4, -0.2) is 76.3 Å². The number of halogens is 2. The quantitative estimate of drug-likeness (QED) is 0.202. The topological polar surface area (TPSA) is 152 Å². The molecule has 6 rings (SSSR count). The van der Waals surface area contributed by atoms with Gasteiger partial charge < -0.3 is 31.3 Å². The van der Waals surface area contributed by atoms with E-state index in [1.165, 1.54) is 0 Å². The summed E-state index contributed by atoms with van der Waals surface area (Å²) in [7, 11) is 5.49. The van der Waals surface area contributed by atoms with Crippen LogP contribution < -0.4 is 26.4 Å². The van der Waals surface area contributed by atoms with Crippen molar-refractivity contribution in [2.45, 2.75) is 44.2 Å². The largest absolute Gasteiger partial charge is 0.495 e. The number of anilines is 2. The lowest BCUT2D eigenvalue weighted by molar-refractivity contribution is 0.0913. The minimum atomic E-state index is -0.329. The summed E-state index contributed by atoms with van der Waals surface area (Å²) in [6.07, 6.45) is 5.96. The lowest BCUT2D eigenvalue weighted by atomic mass is 10.0. The molecule has 256 valence electrons. The smallest absolute Gasteiger partial charge is 0.272 e. The number of amides is 2. The average Bonchev–Trinajstić information content (AvgIpc) is 3.28. The van der Waals surface area contributed by atoms with Gasteiger partial charge in [-0.15, -0.1) is 24.8 Å². The first kappa shape index (κ1) is 36.6. The van der Waals surface area contributed by atoms with Gasteiger partial charge in [-0.05, 0) is 81.6 Å². The zero-order valence-corrected chi connectivity index (χ0v) is 29.0. The number of nitrogens with zero attached hydrogens (tertiary/aromatic N) is 5. The van der Waals surface area contributed by atoms with Crippen LogP contribution >= 0.6 is 24.8 Å². The summed E-state index contributed by atoms with van der Waals surface area (Å²) in [6, 6.07) is 14.8. The zero-order valence-electron chi connectivity index (χ0n) is 27.4. The number of likely N-dealkylation sites (tertiary alicyclic amines) is 1. The Morgan fingerprint density at radius 2 is 1.79 bits per heavy atom. The fourth-order valence-electron chi connectivity index (χ4n) is 6.26. The molecule has 14 heteroatoms. The lowest BCUT2D eigenvalue weighted by Crippen LogP contribution is -2.43. The maximum Gasteiger partial charge on any atom is 0.272 e. The van der Waals surface area contributed by atoms with Crippen LogP contribution in [-0.2, 0) is 19.9 Å². The summed E-state index contributed by atoms with van der Waals surface area (Å²) in [6.45, 7) is 2.20. The van der Waals surface area contributed by atoms with Gasteiger partial charge in [-0.1, -0.05) is 30.3 Å². The van der Waals surface area contributed by atoms with Crippen molar-refractivity contribution in [3.05, 3.63) is 82.7 Å². The average molecular weight is 697 g/mol. The summed E-state index contributed by atoms with van der Waals surface area (Å²) in [5.41, 5.74) is 11.9. The third kappa shape index (κ3) is 7.90. The first-order chi connectivity index (χ1) is 22.3.